The fourth-order valence-electron chi connectivity index (χ4n) is 2.22. The number of rotatable bonds is 4. The van der Waals surface area contributed by atoms with Crippen molar-refractivity contribution in [2.45, 2.75) is 20.4 Å². The molecule has 2 heterocycles. The van der Waals surface area contributed by atoms with E-state index in [-0.39, 0.29) is 6.03 Å². The van der Waals surface area contributed by atoms with Gasteiger partial charge in [0.2, 0.25) is 0 Å². The first-order chi connectivity index (χ1) is 11.5. The van der Waals surface area contributed by atoms with Gasteiger partial charge in [-0.2, -0.15) is 0 Å². The topological polar surface area (TPSA) is 88.8 Å². The van der Waals surface area contributed by atoms with Gasteiger partial charge in [-0.25, -0.2) is 14.5 Å². The van der Waals surface area contributed by atoms with Crippen molar-refractivity contribution in [2.24, 2.45) is 0 Å². The van der Waals surface area contributed by atoms with Gasteiger partial charge in [0.1, 0.15) is 6.33 Å². The lowest BCUT2D eigenvalue weighted by molar-refractivity contribution is 0.220. The highest BCUT2D eigenvalue weighted by molar-refractivity contribution is 7.09. The maximum absolute atomic E-state index is 12.3. The van der Waals surface area contributed by atoms with Crippen molar-refractivity contribution in [2.75, 3.05) is 12.4 Å². The van der Waals surface area contributed by atoms with Crippen molar-refractivity contribution in [3.8, 4) is 5.69 Å². The van der Waals surface area contributed by atoms with Gasteiger partial charge >= 0.3 is 6.03 Å². The van der Waals surface area contributed by atoms with Gasteiger partial charge in [-0.3, -0.25) is 0 Å². The number of nitrogens with one attached hydrogen (secondary N) is 1. The first-order valence-electron chi connectivity index (χ1n) is 7.30. The predicted molar refractivity (Wildman–Crippen MR) is 91.2 cm³/mol. The number of anilines is 1. The molecule has 1 N–H and O–H groups in total. The van der Waals surface area contributed by atoms with Crippen LogP contribution in [0, 0.1) is 13.8 Å². The smallest absolute Gasteiger partial charge is 0.321 e. The van der Waals surface area contributed by atoms with Crippen LogP contribution in [0.5, 0.6) is 0 Å². The number of benzene rings is 1. The molecule has 1 aromatic carbocycles. The second-order valence-electron chi connectivity index (χ2n) is 5.40. The van der Waals surface area contributed by atoms with E-state index >= 15 is 0 Å². The fraction of sp³-hybridized carbons (Fsp3) is 0.267. The van der Waals surface area contributed by atoms with Crippen molar-refractivity contribution >= 4 is 23.1 Å². The van der Waals surface area contributed by atoms with E-state index in [9.17, 15) is 4.79 Å². The zero-order valence-electron chi connectivity index (χ0n) is 13.6. The Kier molecular flexibility index (Phi) is 4.52. The molecule has 8 nitrogen and oxygen atoms in total. The molecule has 0 unspecified atom stereocenters. The Morgan fingerprint density at radius 3 is 2.88 bits per heavy atom. The SMILES string of the molecule is Cc1nc(CN(C)C(=O)Nc2ccc(C)c(-n3cnnn3)c2)cs1. The van der Waals surface area contributed by atoms with E-state index < -0.39 is 0 Å². The average molecular weight is 343 g/mol. The van der Waals surface area contributed by atoms with Crippen molar-refractivity contribution < 1.29 is 4.79 Å². The second-order valence-corrected chi connectivity index (χ2v) is 6.46. The Morgan fingerprint density at radius 2 is 2.21 bits per heavy atom. The highest BCUT2D eigenvalue weighted by Crippen LogP contribution is 2.19. The first kappa shape index (κ1) is 16.1. The molecular weight excluding hydrogens is 326 g/mol. The third-order valence-electron chi connectivity index (χ3n) is 3.47. The lowest BCUT2D eigenvalue weighted by Gasteiger charge is -2.17. The maximum Gasteiger partial charge on any atom is 0.321 e. The fourth-order valence-corrected chi connectivity index (χ4v) is 2.82. The number of nitrogens with zero attached hydrogens (tertiary/aromatic N) is 6. The molecule has 0 bridgehead atoms. The number of thiazole rings is 1. The summed E-state index contributed by atoms with van der Waals surface area (Å²) in [7, 11) is 1.74. The van der Waals surface area contributed by atoms with Gasteiger partial charge in [-0.15, -0.1) is 16.4 Å². The number of hydrogen-bond acceptors (Lipinski definition) is 6. The van der Waals surface area contributed by atoms with Gasteiger partial charge in [0.05, 0.1) is 22.9 Å². The molecule has 2 amide bonds. The van der Waals surface area contributed by atoms with Gasteiger partial charge < -0.3 is 10.2 Å². The summed E-state index contributed by atoms with van der Waals surface area (Å²) in [6.07, 6.45) is 1.52. The number of amides is 2. The molecule has 0 aliphatic rings. The van der Waals surface area contributed by atoms with E-state index in [2.05, 4.69) is 25.8 Å². The van der Waals surface area contributed by atoms with Gasteiger partial charge in [-0.05, 0) is 42.0 Å². The van der Waals surface area contributed by atoms with E-state index in [0.717, 1.165) is 22.0 Å². The summed E-state index contributed by atoms with van der Waals surface area (Å²) in [5.74, 6) is 0. The Morgan fingerprint density at radius 1 is 1.38 bits per heavy atom. The summed E-state index contributed by atoms with van der Waals surface area (Å²) < 4.78 is 1.56. The summed E-state index contributed by atoms with van der Waals surface area (Å²) >= 11 is 1.57. The van der Waals surface area contributed by atoms with Crippen molar-refractivity contribution in [3.63, 3.8) is 0 Å². The van der Waals surface area contributed by atoms with Crippen LogP contribution in [0.1, 0.15) is 16.3 Å². The number of tetrazole rings is 1. The quantitative estimate of drug-likeness (QED) is 0.786. The van der Waals surface area contributed by atoms with E-state index in [1.165, 1.54) is 6.33 Å². The molecule has 3 aromatic rings. The predicted octanol–water partition coefficient (Wildman–Crippen LogP) is 2.40. The highest BCUT2D eigenvalue weighted by atomic mass is 32.1. The number of hydrogen-bond donors (Lipinski definition) is 1. The normalized spacial score (nSPS) is 10.6. The molecule has 0 aliphatic carbocycles. The molecule has 3 rings (SSSR count). The minimum Gasteiger partial charge on any atom is -0.322 e. The molecule has 124 valence electrons. The number of aryl methyl sites for hydroxylation is 2. The maximum atomic E-state index is 12.3. The largest absolute Gasteiger partial charge is 0.322 e. The molecule has 0 radical (unpaired) electrons. The van der Waals surface area contributed by atoms with E-state index in [1.54, 1.807) is 28.0 Å². The standard InChI is InChI=1S/C15H17N7OS/c1-10-4-5-12(6-14(10)22-9-16-19-20-22)18-15(23)21(3)7-13-8-24-11(2)17-13/h4-6,8-9H,7H2,1-3H3,(H,18,23). The molecule has 0 atom stereocenters. The molecular formula is C15H17N7OS. The van der Waals surface area contributed by atoms with Crippen molar-refractivity contribution in [1.29, 1.82) is 0 Å². The number of aromatic nitrogens is 5. The van der Waals surface area contributed by atoms with Crippen LogP contribution in [-0.4, -0.2) is 43.2 Å². The molecule has 9 heteroatoms. The molecule has 0 aliphatic heterocycles. The number of urea groups is 1. The lowest BCUT2D eigenvalue weighted by Crippen LogP contribution is -2.31. The van der Waals surface area contributed by atoms with Crippen molar-refractivity contribution in [1.82, 2.24) is 30.1 Å². The third-order valence-corrected chi connectivity index (χ3v) is 4.29. The van der Waals surface area contributed by atoms with Crippen LogP contribution in [0.4, 0.5) is 10.5 Å². The van der Waals surface area contributed by atoms with Crippen LogP contribution in [0.25, 0.3) is 5.69 Å². The highest BCUT2D eigenvalue weighted by Gasteiger charge is 2.12. The molecule has 0 fully saturated rings. The van der Waals surface area contributed by atoms with Gasteiger partial charge in [-0.1, -0.05) is 6.07 Å². The lowest BCUT2D eigenvalue weighted by atomic mass is 10.2. The summed E-state index contributed by atoms with van der Waals surface area (Å²) in [6.45, 7) is 4.36. The first-order valence-corrected chi connectivity index (χ1v) is 8.18. The van der Waals surface area contributed by atoms with Crippen molar-refractivity contribution in [3.05, 3.63) is 46.2 Å². The second kappa shape index (κ2) is 6.75. The summed E-state index contributed by atoms with van der Waals surface area (Å²) in [6, 6.07) is 5.40. The minimum absolute atomic E-state index is 0.202. The molecule has 0 saturated carbocycles. The van der Waals surface area contributed by atoms with E-state index in [0.29, 0.717) is 12.2 Å². The summed E-state index contributed by atoms with van der Waals surface area (Å²) in [5.41, 5.74) is 3.38. The average Bonchev–Trinajstić information content (AvgIpc) is 3.21. The Hall–Kier alpha value is -2.81. The molecule has 24 heavy (non-hydrogen) atoms. The Bertz CT molecular complexity index is 843. The van der Waals surface area contributed by atoms with Crippen LogP contribution in [0.2, 0.25) is 0 Å². The zero-order chi connectivity index (χ0) is 17.1. The van der Waals surface area contributed by atoms with Crippen LogP contribution in [0.3, 0.4) is 0 Å². The Balaban J connectivity index is 1.71. The molecule has 0 spiro atoms. The van der Waals surface area contributed by atoms with E-state index in [1.807, 2.05) is 37.4 Å². The van der Waals surface area contributed by atoms with Gasteiger partial charge in [0.25, 0.3) is 0 Å². The zero-order valence-corrected chi connectivity index (χ0v) is 14.4. The summed E-state index contributed by atoms with van der Waals surface area (Å²) in [5, 5.41) is 17.0. The minimum atomic E-state index is -0.202. The van der Waals surface area contributed by atoms with Gasteiger partial charge in [0, 0.05) is 18.1 Å². The van der Waals surface area contributed by atoms with Crippen LogP contribution >= 0.6 is 11.3 Å². The van der Waals surface area contributed by atoms with Crippen LogP contribution < -0.4 is 5.32 Å². The van der Waals surface area contributed by atoms with Crippen LogP contribution in [-0.2, 0) is 6.54 Å². The molecule has 2 aromatic heterocycles. The molecule has 0 saturated heterocycles. The van der Waals surface area contributed by atoms with Crippen LogP contribution in [0.15, 0.2) is 29.9 Å². The Labute approximate surface area is 143 Å². The van der Waals surface area contributed by atoms with Gasteiger partial charge in [0.15, 0.2) is 0 Å². The number of carbonyl (C=O) groups excluding carboxylic acids is 1. The van der Waals surface area contributed by atoms with E-state index in [4.69, 9.17) is 0 Å². The number of carbonyl (C=O) groups is 1. The third kappa shape index (κ3) is 3.57. The summed E-state index contributed by atoms with van der Waals surface area (Å²) in [4.78, 5) is 18.3. The monoisotopic (exact) mass is 343 g/mol.